The molecule has 2 heteroatoms. The van der Waals surface area contributed by atoms with Gasteiger partial charge in [-0.2, -0.15) is 0 Å². The maximum atomic E-state index is 10.7. The van der Waals surface area contributed by atoms with Crippen molar-refractivity contribution in [2.45, 2.75) is 12.8 Å². The molecule has 0 unspecified atom stereocenters. The van der Waals surface area contributed by atoms with Gasteiger partial charge in [-0.1, -0.05) is 36.9 Å². The second-order valence-corrected chi connectivity index (χ2v) is 3.25. The molecule has 0 aliphatic rings. The highest BCUT2D eigenvalue weighted by atomic mass is 32.1. The molecule has 68 valence electrons. The minimum absolute atomic E-state index is 0.323. The van der Waals surface area contributed by atoms with Crippen molar-refractivity contribution in [2.75, 3.05) is 0 Å². The minimum Gasteiger partial charge on any atom is -0.737 e. The maximum Gasteiger partial charge on any atom is 0.0375 e. The Balaban J connectivity index is 2.44. The number of rotatable bonds is 4. The lowest BCUT2D eigenvalue weighted by Gasteiger charge is -2.07. The van der Waals surface area contributed by atoms with Gasteiger partial charge in [0, 0.05) is 5.12 Å². The highest BCUT2D eigenvalue weighted by Gasteiger charge is 1.95. The molecule has 1 rings (SSSR count). The van der Waals surface area contributed by atoms with E-state index in [1.54, 1.807) is 0 Å². The molecule has 0 saturated carbocycles. The smallest absolute Gasteiger partial charge is 0.0375 e. The second kappa shape index (κ2) is 4.77. The van der Waals surface area contributed by atoms with E-state index in [9.17, 15) is 4.79 Å². The zero-order chi connectivity index (χ0) is 9.68. The highest BCUT2D eigenvalue weighted by molar-refractivity contribution is 7.77. The summed E-state index contributed by atoms with van der Waals surface area (Å²) in [4.78, 5) is 10.7. The van der Waals surface area contributed by atoms with Crippen molar-refractivity contribution in [1.29, 1.82) is 0 Å². The molecule has 0 amide bonds. The topological polar surface area (TPSA) is 17.1 Å². The highest BCUT2D eigenvalue weighted by Crippen LogP contribution is 2.07. The normalized spacial score (nSPS) is 9.54. The average molecular weight is 191 g/mol. The monoisotopic (exact) mass is 191 g/mol. The van der Waals surface area contributed by atoms with Crippen LogP contribution in [0.3, 0.4) is 0 Å². The van der Waals surface area contributed by atoms with E-state index in [-0.39, 0.29) is 5.12 Å². The van der Waals surface area contributed by atoms with E-state index in [0.717, 1.165) is 6.42 Å². The Morgan fingerprint density at radius 2 is 1.92 bits per heavy atom. The van der Waals surface area contributed by atoms with Gasteiger partial charge in [0.1, 0.15) is 0 Å². The first kappa shape index (κ1) is 9.93. The molecule has 0 N–H and O–H groups in total. The van der Waals surface area contributed by atoms with Crippen LogP contribution in [-0.4, -0.2) is 5.12 Å². The van der Waals surface area contributed by atoms with Gasteiger partial charge in [0.15, 0.2) is 0 Å². The number of aryl methyl sites for hydroxylation is 1. The van der Waals surface area contributed by atoms with Crippen LogP contribution in [0.1, 0.15) is 12.0 Å². The van der Waals surface area contributed by atoms with Gasteiger partial charge >= 0.3 is 0 Å². The third kappa shape index (κ3) is 3.38. The molecule has 0 aliphatic carbocycles. The van der Waals surface area contributed by atoms with Crippen LogP contribution in [-0.2, 0) is 23.8 Å². The van der Waals surface area contributed by atoms with Gasteiger partial charge in [0.05, 0.1) is 0 Å². The molecule has 0 spiro atoms. The number of hydrogen-bond acceptors (Lipinski definition) is 2. The van der Waals surface area contributed by atoms with Crippen LogP contribution in [0.5, 0.6) is 0 Å². The molecule has 13 heavy (non-hydrogen) atoms. The van der Waals surface area contributed by atoms with Crippen molar-refractivity contribution in [3.63, 3.8) is 0 Å². The van der Waals surface area contributed by atoms with Gasteiger partial charge in [-0.3, -0.25) is 0 Å². The van der Waals surface area contributed by atoms with Crippen molar-refractivity contribution in [3.05, 3.63) is 48.0 Å². The van der Waals surface area contributed by atoms with E-state index < -0.39 is 0 Å². The van der Waals surface area contributed by atoms with Crippen LogP contribution in [0, 0.1) is 0 Å². The van der Waals surface area contributed by atoms with Crippen LogP contribution in [0.15, 0.2) is 42.5 Å². The average Bonchev–Trinajstić information content (AvgIpc) is 2.15. The number of benzene rings is 1. The summed E-state index contributed by atoms with van der Waals surface area (Å²) in [7, 11) is 0. The summed E-state index contributed by atoms with van der Waals surface area (Å²) >= 11 is 4.48. The van der Waals surface area contributed by atoms with E-state index in [1.807, 2.05) is 30.3 Å². The third-order valence-electron chi connectivity index (χ3n) is 1.85. The molecule has 0 aliphatic heterocycles. The second-order valence-electron chi connectivity index (χ2n) is 2.88. The summed E-state index contributed by atoms with van der Waals surface area (Å²) in [6, 6.07) is 9.99. The standard InChI is InChI=1S/C11H12OS/c1-9(11(12)13)7-8-10-5-3-2-4-6-10/h2-6H,1,7-8H2,(H,12,13)/p-1. The molecule has 1 nitrogen and oxygen atoms in total. The first-order valence-corrected chi connectivity index (χ1v) is 4.54. The summed E-state index contributed by atoms with van der Waals surface area (Å²) < 4.78 is 0. The van der Waals surface area contributed by atoms with Crippen molar-refractivity contribution in [3.8, 4) is 0 Å². The Hall–Kier alpha value is -1.15. The number of hydrogen-bond donors (Lipinski definition) is 0. The Morgan fingerprint density at radius 1 is 1.31 bits per heavy atom. The summed E-state index contributed by atoms with van der Waals surface area (Å²) in [5.74, 6) is 0. The van der Waals surface area contributed by atoms with Gasteiger partial charge in [-0.25, -0.2) is 0 Å². The Morgan fingerprint density at radius 3 is 2.46 bits per heavy atom. The fraction of sp³-hybridized carbons (Fsp3) is 0.182. The molecule has 1 aromatic rings. The van der Waals surface area contributed by atoms with E-state index in [1.165, 1.54) is 5.56 Å². The summed E-state index contributed by atoms with van der Waals surface area (Å²) in [5, 5.41) is -0.323. The van der Waals surface area contributed by atoms with Gasteiger partial charge in [-0.05, 0) is 24.0 Å². The van der Waals surface area contributed by atoms with Crippen LogP contribution < -0.4 is 0 Å². The lowest BCUT2D eigenvalue weighted by molar-refractivity contribution is -0.107. The molecule has 0 radical (unpaired) electrons. The molecule has 0 fully saturated rings. The lowest BCUT2D eigenvalue weighted by atomic mass is 10.1. The summed E-state index contributed by atoms with van der Waals surface area (Å²) in [5.41, 5.74) is 1.73. The Labute approximate surface area is 83.9 Å². The van der Waals surface area contributed by atoms with E-state index in [0.29, 0.717) is 12.0 Å². The Bertz CT molecular complexity index is 303. The third-order valence-corrected chi connectivity index (χ3v) is 2.14. The Kier molecular flexibility index (Phi) is 3.65. The molecule has 1 aromatic carbocycles. The van der Waals surface area contributed by atoms with Crippen LogP contribution in [0.25, 0.3) is 0 Å². The van der Waals surface area contributed by atoms with Crippen molar-refractivity contribution < 1.29 is 4.79 Å². The van der Waals surface area contributed by atoms with E-state index >= 15 is 0 Å². The number of carbonyl (C=O) groups excluding carboxylic acids is 1. The largest absolute Gasteiger partial charge is 0.737 e. The van der Waals surface area contributed by atoms with Crippen LogP contribution in [0.4, 0.5) is 0 Å². The molecular formula is C11H11OS-. The quantitative estimate of drug-likeness (QED) is 0.536. The molecule has 0 aromatic heterocycles. The SMILES string of the molecule is C=C(CCc1ccccc1)C(=O)[S-]. The predicted molar refractivity (Wildman–Crippen MR) is 56.3 cm³/mol. The van der Waals surface area contributed by atoms with E-state index in [4.69, 9.17) is 0 Å². The van der Waals surface area contributed by atoms with Gasteiger partial charge < -0.3 is 17.4 Å². The van der Waals surface area contributed by atoms with Gasteiger partial charge in [0.25, 0.3) is 0 Å². The summed E-state index contributed by atoms with van der Waals surface area (Å²) in [6.45, 7) is 3.62. The van der Waals surface area contributed by atoms with Crippen molar-refractivity contribution in [2.24, 2.45) is 0 Å². The van der Waals surface area contributed by atoms with Crippen molar-refractivity contribution in [1.82, 2.24) is 0 Å². The summed E-state index contributed by atoms with van der Waals surface area (Å²) in [6.07, 6.45) is 1.49. The maximum absolute atomic E-state index is 10.7. The molecular weight excluding hydrogens is 180 g/mol. The zero-order valence-corrected chi connectivity index (χ0v) is 8.14. The van der Waals surface area contributed by atoms with E-state index in [2.05, 4.69) is 19.2 Å². The van der Waals surface area contributed by atoms with Crippen molar-refractivity contribution >= 4 is 17.7 Å². The first-order chi connectivity index (χ1) is 6.20. The first-order valence-electron chi connectivity index (χ1n) is 4.13. The fourth-order valence-electron chi connectivity index (χ4n) is 1.04. The van der Waals surface area contributed by atoms with Gasteiger partial charge in [-0.15, -0.1) is 0 Å². The molecule has 0 heterocycles. The minimum atomic E-state index is -0.323. The zero-order valence-electron chi connectivity index (χ0n) is 7.32. The molecule has 0 atom stereocenters. The van der Waals surface area contributed by atoms with Crippen LogP contribution in [0.2, 0.25) is 0 Å². The number of carbonyl (C=O) groups is 1. The van der Waals surface area contributed by atoms with Crippen LogP contribution >= 0.6 is 0 Å². The fourth-order valence-corrected chi connectivity index (χ4v) is 1.14. The molecule has 0 bridgehead atoms. The lowest BCUT2D eigenvalue weighted by Crippen LogP contribution is -1.97. The molecule has 0 saturated heterocycles. The predicted octanol–water partition coefficient (Wildman–Crippen LogP) is 2.25. The van der Waals surface area contributed by atoms with Gasteiger partial charge in [0.2, 0.25) is 0 Å².